The standard InChI is InChI=1S/C18H19N5O3/c1-10-7-11(2)23(21-10)13-5-6-22(9-13)18(26)12-3-4-14-15(8-12)20-17(25)16(24)19-14/h3-4,7-8,13H,5-6,9H2,1-2H3,(H,19,24)(H,20,25). The zero-order valence-corrected chi connectivity index (χ0v) is 14.6. The summed E-state index contributed by atoms with van der Waals surface area (Å²) in [7, 11) is 0. The van der Waals surface area contributed by atoms with E-state index in [2.05, 4.69) is 15.1 Å². The summed E-state index contributed by atoms with van der Waals surface area (Å²) in [5, 5.41) is 4.52. The molecule has 2 N–H and O–H groups in total. The molecule has 1 atom stereocenters. The number of aryl methyl sites for hydroxylation is 2. The van der Waals surface area contributed by atoms with E-state index in [1.54, 1.807) is 23.1 Å². The van der Waals surface area contributed by atoms with Crippen LogP contribution in [0.25, 0.3) is 11.0 Å². The Balaban J connectivity index is 1.59. The molecule has 0 spiro atoms. The van der Waals surface area contributed by atoms with E-state index >= 15 is 0 Å². The number of fused-ring (bicyclic) bond motifs is 1. The molecule has 0 saturated carbocycles. The number of aromatic nitrogens is 4. The lowest BCUT2D eigenvalue weighted by Gasteiger charge is -2.17. The van der Waals surface area contributed by atoms with E-state index in [0.29, 0.717) is 29.7 Å². The van der Waals surface area contributed by atoms with Crippen LogP contribution in [-0.4, -0.2) is 43.6 Å². The fourth-order valence-electron chi connectivity index (χ4n) is 3.57. The number of benzene rings is 1. The first-order valence-electron chi connectivity index (χ1n) is 8.51. The summed E-state index contributed by atoms with van der Waals surface area (Å²) < 4.78 is 1.99. The number of H-pyrrole nitrogens is 2. The predicted molar refractivity (Wildman–Crippen MR) is 96.4 cm³/mol. The number of carbonyl (C=O) groups is 1. The fourth-order valence-corrected chi connectivity index (χ4v) is 3.57. The van der Waals surface area contributed by atoms with Crippen LogP contribution in [0.5, 0.6) is 0 Å². The van der Waals surface area contributed by atoms with Gasteiger partial charge in [-0.2, -0.15) is 5.10 Å². The summed E-state index contributed by atoms with van der Waals surface area (Å²) in [6.07, 6.45) is 0.853. The first-order valence-corrected chi connectivity index (χ1v) is 8.51. The Hall–Kier alpha value is -3.16. The molecule has 134 valence electrons. The van der Waals surface area contributed by atoms with E-state index in [0.717, 1.165) is 17.8 Å². The molecule has 2 aromatic heterocycles. The number of nitrogens with one attached hydrogen (secondary N) is 2. The van der Waals surface area contributed by atoms with Gasteiger partial charge >= 0.3 is 11.1 Å². The van der Waals surface area contributed by atoms with Gasteiger partial charge in [-0.1, -0.05) is 0 Å². The Kier molecular flexibility index (Phi) is 3.75. The molecule has 1 aliphatic heterocycles. The normalized spacial score (nSPS) is 17.2. The third-order valence-electron chi connectivity index (χ3n) is 4.81. The average molecular weight is 353 g/mol. The quantitative estimate of drug-likeness (QED) is 0.674. The summed E-state index contributed by atoms with van der Waals surface area (Å²) in [6.45, 7) is 5.23. The van der Waals surface area contributed by atoms with Gasteiger partial charge in [0.2, 0.25) is 0 Å². The summed E-state index contributed by atoms with van der Waals surface area (Å²) in [5.41, 5.74) is 2.04. The van der Waals surface area contributed by atoms with Crippen molar-refractivity contribution >= 4 is 16.9 Å². The number of hydrogen-bond donors (Lipinski definition) is 2. The highest BCUT2D eigenvalue weighted by molar-refractivity contribution is 5.97. The topological polar surface area (TPSA) is 104 Å². The molecule has 1 aliphatic rings. The van der Waals surface area contributed by atoms with Crippen molar-refractivity contribution in [1.29, 1.82) is 0 Å². The van der Waals surface area contributed by atoms with Crippen LogP contribution in [0.15, 0.2) is 33.9 Å². The number of hydrogen-bond acceptors (Lipinski definition) is 4. The third-order valence-corrected chi connectivity index (χ3v) is 4.81. The number of carbonyl (C=O) groups excluding carboxylic acids is 1. The zero-order valence-electron chi connectivity index (χ0n) is 14.6. The number of aromatic amines is 2. The molecule has 8 nitrogen and oxygen atoms in total. The number of likely N-dealkylation sites (tertiary alicyclic amines) is 1. The SMILES string of the molecule is Cc1cc(C)n(C2CCN(C(=O)c3ccc4[nH]c(=O)c(=O)[nH]c4c3)C2)n1. The Morgan fingerprint density at radius 2 is 1.85 bits per heavy atom. The molecule has 1 fully saturated rings. The van der Waals surface area contributed by atoms with E-state index in [1.165, 1.54) is 0 Å². The van der Waals surface area contributed by atoms with Crippen LogP contribution >= 0.6 is 0 Å². The molecule has 3 heterocycles. The molecule has 1 amide bonds. The van der Waals surface area contributed by atoms with Gasteiger partial charge in [-0.15, -0.1) is 0 Å². The minimum Gasteiger partial charge on any atom is -0.336 e. The van der Waals surface area contributed by atoms with Gasteiger partial charge in [-0.05, 0) is 44.5 Å². The lowest BCUT2D eigenvalue weighted by molar-refractivity contribution is 0.0787. The maximum atomic E-state index is 12.8. The molecule has 4 rings (SSSR count). The van der Waals surface area contributed by atoms with E-state index in [1.807, 2.05) is 24.6 Å². The highest BCUT2D eigenvalue weighted by atomic mass is 16.2. The van der Waals surface area contributed by atoms with E-state index in [-0.39, 0.29) is 11.9 Å². The lowest BCUT2D eigenvalue weighted by Crippen LogP contribution is -2.30. The molecule has 0 bridgehead atoms. The molecule has 26 heavy (non-hydrogen) atoms. The predicted octanol–water partition coefficient (Wildman–Crippen LogP) is 1.12. The molecule has 1 aromatic carbocycles. The van der Waals surface area contributed by atoms with E-state index < -0.39 is 11.1 Å². The van der Waals surface area contributed by atoms with Crippen molar-refractivity contribution in [3.05, 3.63) is 61.9 Å². The Morgan fingerprint density at radius 1 is 1.12 bits per heavy atom. The first kappa shape index (κ1) is 16.3. The third kappa shape index (κ3) is 2.73. The van der Waals surface area contributed by atoms with Crippen molar-refractivity contribution in [2.24, 2.45) is 0 Å². The van der Waals surface area contributed by atoms with Crippen LogP contribution in [-0.2, 0) is 0 Å². The van der Waals surface area contributed by atoms with Crippen LogP contribution < -0.4 is 11.1 Å². The second kappa shape index (κ2) is 5.98. The lowest BCUT2D eigenvalue weighted by atomic mass is 10.1. The van der Waals surface area contributed by atoms with Crippen LogP contribution in [0.3, 0.4) is 0 Å². The smallest absolute Gasteiger partial charge is 0.314 e. The highest BCUT2D eigenvalue weighted by Crippen LogP contribution is 2.25. The van der Waals surface area contributed by atoms with Gasteiger partial charge in [0.25, 0.3) is 5.91 Å². The first-order chi connectivity index (χ1) is 12.4. The molecular formula is C18H19N5O3. The molecule has 8 heteroatoms. The summed E-state index contributed by atoms with van der Waals surface area (Å²) in [6, 6.07) is 7.10. The maximum Gasteiger partial charge on any atom is 0.314 e. The van der Waals surface area contributed by atoms with E-state index in [4.69, 9.17) is 0 Å². The number of rotatable bonds is 2. The van der Waals surface area contributed by atoms with Crippen molar-refractivity contribution < 1.29 is 4.79 Å². The number of amides is 1. The van der Waals surface area contributed by atoms with Crippen molar-refractivity contribution in [3.8, 4) is 0 Å². The Morgan fingerprint density at radius 3 is 2.54 bits per heavy atom. The minimum atomic E-state index is -0.729. The Labute approximate surface area is 148 Å². The molecule has 0 radical (unpaired) electrons. The van der Waals surface area contributed by atoms with Gasteiger partial charge in [0.05, 0.1) is 22.8 Å². The molecule has 1 unspecified atom stereocenters. The minimum absolute atomic E-state index is 0.0945. The van der Waals surface area contributed by atoms with Crippen LogP contribution in [0, 0.1) is 13.8 Å². The molecule has 3 aromatic rings. The zero-order chi connectivity index (χ0) is 18.4. The molecule has 1 saturated heterocycles. The fraction of sp³-hybridized carbons (Fsp3) is 0.333. The van der Waals surface area contributed by atoms with Gasteiger partial charge in [-0.3, -0.25) is 19.1 Å². The van der Waals surface area contributed by atoms with Gasteiger partial charge < -0.3 is 14.9 Å². The van der Waals surface area contributed by atoms with Crippen molar-refractivity contribution in [2.75, 3.05) is 13.1 Å². The maximum absolute atomic E-state index is 12.8. The summed E-state index contributed by atoms with van der Waals surface area (Å²) >= 11 is 0. The number of nitrogens with zero attached hydrogens (tertiary/aromatic N) is 3. The van der Waals surface area contributed by atoms with Crippen molar-refractivity contribution in [3.63, 3.8) is 0 Å². The van der Waals surface area contributed by atoms with Crippen molar-refractivity contribution in [1.82, 2.24) is 24.6 Å². The van der Waals surface area contributed by atoms with Crippen LogP contribution in [0.1, 0.15) is 34.2 Å². The largest absolute Gasteiger partial charge is 0.336 e. The Bertz CT molecular complexity index is 1120. The van der Waals surface area contributed by atoms with Crippen molar-refractivity contribution in [2.45, 2.75) is 26.3 Å². The van der Waals surface area contributed by atoms with Crippen LogP contribution in [0.2, 0.25) is 0 Å². The van der Waals surface area contributed by atoms with Gasteiger partial charge in [0.1, 0.15) is 0 Å². The second-order valence-electron chi connectivity index (χ2n) is 6.73. The van der Waals surface area contributed by atoms with Crippen LogP contribution in [0.4, 0.5) is 0 Å². The van der Waals surface area contributed by atoms with Gasteiger partial charge in [0, 0.05) is 24.3 Å². The second-order valence-corrected chi connectivity index (χ2v) is 6.73. The van der Waals surface area contributed by atoms with E-state index in [9.17, 15) is 14.4 Å². The summed E-state index contributed by atoms with van der Waals surface area (Å²) in [5.74, 6) is -0.0945. The highest BCUT2D eigenvalue weighted by Gasteiger charge is 2.29. The molecule has 0 aliphatic carbocycles. The summed E-state index contributed by atoms with van der Waals surface area (Å²) in [4.78, 5) is 42.5. The average Bonchev–Trinajstić information content (AvgIpc) is 3.21. The van der Waals surface area contributed by atoms with Gasteiger partial charge in [0.15, 0.2) is 0 Å². The monoisotopic (exact) mass is 353 g/mol. The molecular weight excluding hydrogens is 334 g/mol. The van der Waals surface area contributed by atoms with Gasteiger partial charge in [-0.25, -0.2) is 0 Å².